The first kappa shape index (κ1) is 26.5. The highest BCUT2D eigenvalue weighted by molar-refractivity contribution is 6.39. The van der Waals surface area contributed by atoms with Crippen molar-refractivity contribution in [2.75, 3.05) is 12.4 Å². The minimum absolute atomic E-state index is 0.0537. The third kappa shape index (κ3) is 6.73. The van der Waals surface area contributed by atoms with Crippen molar-refractivity contribution in [2.24, 2.45) is 5.10 Å². The van der Waals surface area contributed by atoms with Crippen LogP contribution < -0.4 is 20.2 Å². The number of nitro benzene ring substituents is 2. The zero-order valence-corrected chi connectivity index (χ0v) is 19.4. The van der Waals surface area contributed by atoms with Crippen molar-refractivity contribution in [2.45, 2.75) is 0 Å². The molecule has 0 aliphatic rings. The van der Waals surface area contributed by atoms with E-state index in [1.165, 1.54) is 37.6 Å². The largest absolute Gasteiger partial charge is 0.493 e. The van der Waals surface area contributed by atoms with Crippen LogP contribution in [0.4, 0.5) is 21.5 Å². The lowest BCUT2D eigenvalue weighted by Gasteiger charge is -2.11. The Balaban J connectivity index is 1.69. The van der Waals surface area contributed by atoms with Gasteiger partial charge in [-0.1, -0.05) is 11.6 Å². The van der Waals surface area contributed by atoms with Crippen LogP contribution >= 0.6 is 11.6 Å². The smallest absolute Gasteiger partial charge is 0.329 e. The zero-order valence-electron chi connectivity index (χ0n) is 18.6. The van der Waals surface area contributed by atoms with E-state index in [-0.39, 0.29) is 28.0 Å². The number of rotatable bonds is 8. The lowest BCUT2D eigenvalue weighted by Crippen LogP contribution is -2.32. The molecule has 0 unspecified atom stereocenters. The minimum Gasteiger partial charge on any atom is -0.493 e. The number of carbonyl (C=O) groups is 2. The number of methoxy groups -OCH3 is 1. The van der Waals surface area contributed by atoms with Crippen LogP contribution in [-0.2, 0) is 9.59 Å². The van der Waals surface area contributed by atoms with Crippen LogP contribution in [-0.4, -0.2) is 35.0 Å². The Bertz CT molecular complexity index is 1430. The molecule has 0 aliphatic carbocycles. The van der Waals surface area contributed by atoms with Crippen LogP contribution in [0.15, 0.2) is 59.7 Å². The Kier molecular flexibility index (Phi) is 8.27. The van der Waals surface area contributed by atoms with E-state index < -0.39 is 38.9 Å². The Morgan fingerprint density at radius 3 is 2.35 bits per heavy atom. The minimum atomic E-state index is -1.12. The van der Waals surface area contributed by atoms with Crippen molar-refractivity contribution < 1.29 is 33.3 Å². The van der Waals surface area contributed by atoms with Gasteiger partial charge in [-0.2, -0.15) is 5.10 Å². The molecule has 190 valence electrons. The van der Waals surface area contributed by atoms with E-state index in [0.29, 0.717) is 5.56 Å². The second-order valence-electron chi connectivity index (χ2n) is 6.96. The molecule has 0 spiro atoms. The molecule has 2 N–H and O–H groups in total. The number of hydrogen-bond donors (Lipinski definition) is 2. The summed E-state index contributed by atoms with van der Waals surface area (Å²) in [4.78, 5) is 44.5. The number of hydrogen-bond acceptors (Lipinski definition) is 9. The Hall–Kier alpha value is -5.11. The molecule has 3 aromatic carbocycles. The molecule has 0 fully saturated rings. The number of ether oxygens (including phenoxy) is 2. The molecule has 0 radical (unpaired) electrons. The number of hydrazone groups is 1. The third-order valence-electron chi connectivity index (χ3n) is 4.52. The summed E-state index contributed by atoms with van der Waals surface area (Å²) in [6, 6.07) is 10.6. The highest BCUT2D eigenvalue weighted by Gasteiger charge is 2.22. The molecule has 0 saturated heterocycles. The predicted octanol–water partition coefficient (Wildman–Crippen LogP) is 4.19. The van der Waals surface area contributed by atoms with E-state index >= 15 is 0 Å². The van der Waals surface area contributed by atoms with E-state index in [4.69, 9.17) is 21.1 Å². The topological polar surface area (TPSA) is 175 Å². The van der Waals surface area contributed by atoms with Gasteiger partial charge in [0.15, 0.2) is 11.5 Å². The van der Waals surface area contributed by atoms with Crippen molar-refractivity contribution in [1.82, 2.24) is 5.43 Å². The van der Waals surface area contributed by atoms with Crippen LogP contribution in [0.1, 0.15) is 5.56 Å². The van der Waals surface area contributed by atoms with Gasteiger partial charge in [-0.05, 0) is 48.0 Å². The fraction of sp³-hybridized carbons (Fsp3) is 0.0455. The molecule has 0 bridgehead atoms. The number of nitro groups is 2. The van der Waals surface area contributed by atoms with Crippen LogP contribution in [0.3, 0.4) is 0 Å². The number of nitrogens with zero attached hydrogens (tertiary/aromatic N) is 3. The van der Waals surface area contributed by atoms with E-state index in [2.05, 4.69) is 10.4 Å². The average Bonchev–Trinajstić information content (AvgIpc) is 2.86. The monoisotopic (exact) mass is 531 g/mol. The maximum atomic E-state index is 13.2. The van der Waals surface area contributed by atoms with Gasteiger partial charge in [-0.15, -0.1) is 0 Å². The molecular formula is C22H15ClFN5O8. The molecule has 15 heteroatoms. The Morgan fingerprint density at radius 2 is 1.70 bits per heavy atom. The number of benzene rings is 3. The molecule has 0 saturated carbocycles. The fourth-order valence-corrected chi connectivity index (χ4v) is 2.97. The van der Waals surface area contributed by atoms with E-state index in [9.17, 15) is 34.2 Å². The first-order chi connectivity index (χ1) is 17.6. The summed E-state index contributed by atoms with van der Waals surface area (Å²) >= 11 is 5.62. The van der Waals surface area contributed by atoms with E-state index in [1.807, 2.05) is 5.43 Å². The second-order valence-corrected chi connectivity index (χ2v) is 7.37. The van der Waals surface area contributed by atoms with Crippen LogP contribution in [0.25, 0.3) is 0 Å². The van der Waals surface area contributed by atoms with Gasteiger partial charge < -0.3 is 14.8 Å². The number of amides is 2. The van der Waals surface area contributed by atoms with Gasteiger partial charge in [0.05, 0.1) is 34.3 Å². The average molecular weight is 532 g/mol. The van der Waals surface area contributed by atoms with Crippen molar-refractivity contribution in [3.05, 3.63) is 91.2 Å². The van der Waals surface area contributed by atoms with Crippen LogP contribution in [0.2, 0.25) is 5.02 Å². The van der Waals surface area contributed by atoms with Crippen molar-refractivity contribution in [1.29, 1.82) is 0 Å². The Morgan fingerprint density at radius 1 is 0.973 bits per heavy atom. The van der Waals surface area contributed by atoms with Crippen molar-refractivity contribution in [3.8, 4) is 17.2 Å². The van der Waals surface area contributed by atoms with Gasteiger partial charge in [-0.3, -0.25) is 29.8 Å². The summed E-state index contributed by atoms with van der Waals surface area (Å²) in [6.45, 7) is 0. The van der Waals surface area contributed by atoms with Gasteiger partial charge in [0, 0.05) is 11.8 Å². The van der Waals surface area contributed by atoms with Crippen LogP contribution in [0.5, 0.6) is 17.2 Å². The maximum absolute atomic E-state index is 13.2. The molecule has 37 heavy (non-hydrogen) atoms. The quantitative estimate of drug-likeness (QED) is 0.188. The van der Waals surface area contributed by atoms with Crippen molar-refractivity contribution >= 4 is 46.7 Å². The molecule has 2 amide bonds. The van der Waals surface area contributed by atoms with Crippen LogP contribution in [0, 0.1) is 26.0 Å². The standard InChI is InChI=1S/C22H15ClFN5O8/c1-36-20-8-12(11-25-27-22(31)21(30)26-13-3-5-16(24)15(23)9-13)2-6-19(20)37-18-7-4-14(28(32)33)10-17(18)29(34)35/h2-11H,1H3,(H,26,30)(H,27,31)/b25-11+. The third-order valence-corrected chi connectivity index (χ3v) is 4.81. The summed E-state index contributed by atoms with van der Waals surface area (Å²) < 4.78 is 23.9. The van der Waals surface area contributed by atoms with Crippen molar-refractivity contribution in [3.63, 3.8) is 0 Å². The van der Waals surface area contributed by atoms with Gasteiger partial charge >= 0.3 is 17.5 Å². The number of halogens is 2. The number of anilines is 1. The van der Waals surface area contributed by atoms with Gasteiger partial charge in [0.25, 0.3) is 5.69 Å². The lowest BCUT2D eigenvalue weighted by atomic mass is 10.2. The molecular weight excluding hydrogens is 517 g/mol. The lowest BCUT2D eigenvalue weighted by molar-refractivity contribution is -0.394. The molecule has 0 aromatic heterocycles. The first-order valence-electron chi connectivity index (χ1n) is 9.97. The second kappa shape index (κ2) is 11.5. The van der Waals surface area contributed by atoms with Gasteiger partial charge in [0.2, 0.25) is 5.75 Å². The van der Waals surface area contributed by atoms with E-state index in [1.54, 1.807) is 0 Å². The van der Waals surface area contributed by atoms with Gasteiger partial charge in [0.1, 0.15) is 5.82 Å². The number of non-ortho nitro benzene ring substituents is 1. The maximum Gasteiger partial charge on any atom is 0.329 e. The molecule has 0 atom stereocenters. The molecule has 3 rings (SSSR count). The molecule has 0 heterocycles. The Labute approximate surface area is 211 Å². The number of nitrogens with one attached hydrogen (secondary N) is 2. The summed E-state index contributed by atoms with van der Waals surface area (Å²) in [5, 5.41) is 27.9. The summed E-state index contributed by atoms with van der Waals surface area (Å²) in [5.74, 6) is -2.96. The first-order valence-corrected chi connectivity index (χ1v) is 10.3. The fourth-order valence-electron chi connectivity index (χ4n) is 2.79. The van der Waals surface area contributed by atoms with E-state index in [0.717, 1.165) is 30.3 Å². The summed E-state index contributed by atoms with van der Waals surface area (Å²) in [5.41, 5.74) is 1.40. The molecule has 3 aromatic rings. The van der Waals surface area contributed by atoms with Gasteiger partial charge in [-0.25, -0.2) is 9.82 Å². The number of carbonyl (C=O) groups excluding carboxylic acids is 2. The normalized spacial score (nSPS) is 10.6. The SMILES string of the molecule is COc1cc(/C=N/NC(=O)C(=O)Nc2ccc(F)c(Cl)c2)ccc1Oc1ccc([N+](=O)[O-])cc1[N+](=O)[O-]. The molecule has 13 nitrogen and oxygen atoms in total. The summed E-state index contributed by atoms with van der Waals surface area (Å²) in [6.07, 6.45) is 1.18. The molecule has 0 aliphatic heterocycles. The zero-order chi connectivity index (χ0) is 27.1. The highest BCUT2D eigenvalue weighted by Crippen LogP contribution is 2.38. The predicted molar refractivity (Wildman–Crippen MR) is 129 cm³/mol. The highest BCUT2D eigenvalue weighted by atomic mass is 35.5. The summed E-state index contributed by atoms with van der Waals surface area (Å²) in [7, 11) is 1.31.